The predicted octanol–water partition coefficient (Wildman–Crippen LogP) is -0.918. The molecule has 0 amide bonds. The number of piperidine rings is 1. The summed E-state index contributed by atoms with van der Waals surface area (Å²) in [5.74, 6) is 0.824. The largest absolute Gasteiger partial charge is 1.00 e. The molecule has 3 fully saturated rings. The molecule has 1 spiro atoms. The number of carbonyl (C=O) groups excluding carboxylic acids is 1. The average Bonchev–Trinajstić information content (AvgIpc) is 2.90. The number of aromatic nitrogens is 2. The monoisotopic (exact) mass is 570 g/mol. The molecule has 5 rings (SSSR count). The van der Waals surface area contributed by atoms with Crippen LogP contribution in [0.3, 0.4) is 0 Å². The number of halogens is 1. The Morgan fingerprint density at radius 3 is 2.62 bits per heavy atom. The van der Waals surface area contributed by atoms with Gasteiger partial charge in [0.2, 0.25) is 10.0 Å². The Morgan fingerprint density at radius 1 is 1.23 bits per heavy atom. The molecule has 2 N–H and O–H groups in total. The molecule has 3 aliphatic rings. The molecule has 3 aliphatic heterocycles. The minimum absolute atomic E-state index is 0. The first-order valence-electron chi connectivity index (χ1n) is 13.0. The average molecular weight is 571 g/mol. The van der Waals surface area contributed by atoms with E-state index in [9.17, 15) is 17.6 Å². The molecule has 2 atom stereocenters. The van der Waals surface area contributed by atoms with E-state index in [0.717, 1.165) is 64.5 Å². The van der Waals surface area contributed by atoms with Crippen LogP contribution in [0.2, 0.25) is 0 Å². The minimum atomic E-state index is -3.21. The van der Waals surface area contributed by atoms with E-state index in [4.69, 9.17) is 9.47 Å². The summed E-state index contributed by atoms with van der Waals surface area (Å²) in [7, 11) is -3.21. The first kappa shape index (κ1) is 32.4. The zero-order valence-electron chi connectivity index (χ0n) is 22.9. The summed E-state index contributed by atoms with van der Waals surface area (Å²) >= 11 is 0. The molecule has 0 unspecified atom stereocenters. The second kappa shape index (κ2) is 13.7. The molecule has 2 aromatic rings. The number of hydrogen-bond donors (Lipinski definition) is 1. The molecule has 3 saturated heterocycles. The number of hydrogen-bond acceptors (Lipinski definition) is 10. The smallest absolute Gasteiger partial charge is 0.870 e. The van der Waals surface area contributed by atoms with Gasteiger partial charge in [0.25, 0.3) is 0 Å². The molecule has 4 heterocycles. The fourth-order valence-corrected chi connectivity index (χ4v) is 6.38. The van der Waals surface area contributed by atoms with Crippen molar-refractivity contribution >= 4 is 22.1 Å². The van der Waals surface area contributed by atoms with Crippen molar-refractivity contribution in [2.45, 2.75) is 44.8 Å². The SMILES string of the molecule is CCS(=O)(=O)N[C@@H]1CC[C@@H](CN2CCC3(CC2)CN(c2ncncc2Oc2ccc(F)cc2[C-]=O)C3)OC1.[Li+].[OH-]. The van der Waals surface area contributed by atoms with Gasteiger partial charge in [0.05, 0.1) is 36.8 Å². The number of anilines is 1. The zero-order chi connectivity index (χ0) is 26.8. The molecular weight excluding hydrogens is 536 g/mol. The second-order valence-corrected chi connectivity index (χ2v) is 12.5. The van der Waals surface area contributed by atoms with Crippen molar-refractivity contribution in [3.8, 4) is 11.5 Å². The second-order valence-electron chi connectivity index (χ2n) is 10.5. The summed E-state index contributed by atoms with van der Waals surface area (Å²) in [6.07, 6.45) is 8.64. The van der Waals surface area contributed by atoms with Crippen LogP contribution in [0.1, 0.15) is 38.2 Å². The van der Waals surface area contributed by atoms with Gasteiger partial charge in [-0.1, -0.05) is 6.07 Å². The van der Waals surface area contributed by atoms with Crippen molar-refractivity contribution in [1.82, 2.24) is 19.6 Å². The van der Waals surface area contributed by atoms with Gasteiger partial charge in [-0.15, -0.1) is 11.6 Å². The van der Waals surface area contributed by atoms with Crippen LogP contribution in [0.4, 0.5) is 10.2 Å². The van der Waals surface area contributed by atoms with Gasteiger partial charge in [-0.25, -0.2) is 27.5 Å². The minimum Gasteiger partial charge on any atom is -0.870 e. The van der Waals surface area contributed by atoms with Crippen LogP contribution in [0.25, 0.3) is 0 Å². The van der Waals surface area contributed by atoms with Crippen LogP contribution in [-0.2, 0) is 19.6 Å². The van der Waals surface area contributed by atoms with E-state index in [1.165, 1.54) is 18.5 Å². The maximum atomic E-state index is 13.5. The summed E-state index contributed by atoms with van der Waals surface area (Å²) in [4.78, 5) is 24.3. The Labute approximate surface area is 246 Å². The molecule has 214 valence electrons. The van der Waals surface area contributed by atoms with Crippen molar-refractivity contribution in [2.75, 3.05) is 50.0 Å². The van der Waals surface area contributed by atoms with Gasteiger partial charge in [0, 0.05) is 36.8 Å². The summed E-state index contributed by atoms with van der Waals surface area (Å²) in [6.45, 7) is 6.60. The maximum absolute atomic E-state index is 13.5. The van der Waals surface area contributed by atoms with E-state index in [2.05, 4.69) is 24.5 Å². The number of nitrogens with one attached hydrogen (secondary N) is 1. The Kier molecular flexibility index (Phi) is 11.1. The third-order valence-corrected chi connectivity index (χ3v) is 9.21. The quantitative estimate of drug-likeness (QED) is 0.297. The first-order valence-corrected chi connectivity index (χ1v) is 14.7. The number of ether oxygens (including phenoxy) is 2. The predicted molar refractivity (Wildman–Crippen MR) is 141 cm³/mol. The molecule has 0 saturated carbocycles. The zero-order valence-corrected chi connectivity index (χ0v) is 23.7. The van der Waals surface area contributed by atoms with E-state index >= 15 is 0 Å². The van der Waals surface area contributed by atoms with E-state index in [-0.39, 0.29) is 59.0 Å². The standard InChI is InChI=1S/C26H33FN5O5S.Li.H2O/c1-2-38(34,35)30-21-4-5-22(36-15-21)13-31-9-7-26(8-10-31)16-32(17-26)25-24(12-28-18-29-25)37-23-6-3-20(27)11-19(23)14-33;;/h3,6,11-12,18,21-22,30H,2,4-5,7-10,13,15-17H2,1H3;;1H2/q-1;+1;/p-1/t21-,22+;;/m1../s1. The third kappa shape index (κ3) is 7.58. The summed E-state index contributed by atoms with van der Waals surface area (Å²) in [5, 5.41) is 0. The summed E-state index contributed by atoms with van der Waals surface area (Å²) < 4.78 is 51.7. The molecule has 0 radical (unpaired) electrons. The van der Waals surface area contributed by atoms with E-state index in [1.807, 2.05) is 0 Å². The Morgan fingerprint density at radius 2 is 1.98 bits per heavy atom. The molecule has 0 aliphatic carbocycles. The number of nitrogens with zero attached hydrogens (tertiary/aromatic N) is 4. The van der Waals surface area contributed by atoms with Crippen molar-refractivity contribution < 1.29 is 51.4 Å². The maximum Gasteiger partial charge on any atom is 1.00 e. The number of likely N-dealkylation sites (tertiary alicyclic amines) is 1. The molecule has 40 heavy (non-hydrogen) atoms. The molecular formula is C26H34FLiN5O6S-. The number of benzene rings is 1. The van der Waals surface area contributed by atoms with Gasteiger partial charge in [-0.3, -0.25) is 0 Å². The van der Waals surface area contributed by atoms with Crippen LogP contribution in [0.15, 0.2) is 30.7 Å². The topological polar surface area (TPSA) is 144 Å². The van der Waals surface area contributed by atoms with Gasteiger partial charge in [0.1, 0.15) is 6.33 Å². The normalized spacial score (nSPS) is 22.5. The summed E-state index contributed by atoms with van der Waals surface area (Å²) in [5.41, 5.74) is 0.222. The first-order chi connectivity index (χ1) is 18.3. The fraction of sp³-hybridized carbons (Fsp3) is 0.577. The van der Waals surface area contributed by atoms with Crippen LogP contribution in [0.5, 0.6) is 11.5 Å². The van der Waals surface area contributed by atoms with Gasteiger partial charge in [-0.2, -0.15) is 0 Å². The number of sulfonamides is 1. The third-order valence-electron chi connectivity index (χ3n) is 7.76. The van der Waals surface area contributed by atoms with E-state index < -0.39 is 15.8 Å². The van der Waals surface area contributed by atoms with Crippen molar-refractivity contribution in [3.63, 3.8) is 0 Å². The van der Waals surface area contributed by atoms with Crippen molar-refractivity contribution in [3.05, 3.63) is 42.1 Å². The molecule has 14 heteroatoms. The van der Waals surface area contributed by atoms with E-state index in [0.29, 0.717) is 18.2 Å². The van der Waals surface area contributed by atoms with Crippen LogP contribution < -0.4 is 33.2 Å². The molecule has 1 aromatic heterocycles. The van der Waals surface area contributed by atoms with Crippen LogP contribution >= 0.6 is 0 Å². The molecule has 1 aromatic carbocycles. The Balaban J connectivity index is 0.00000220. The van der Waals surface area contributed by atoms with Crippen LogP contribution in [0, 0.1) is 11.2 Å². The Bertz CT molecular complexity index is 1250. The Hall–Kier alpha value is -2.11. The van der Waals surface area contributed by atoms with Gasteiger partial charge in [0.15, 0.2) is 11.6 Å². The molecule has 0 bridgehead atoms. The molecule has 11 nitrogen and oxygen atoms in total. The fourth-order valence-electron chi connectivity index (χ4n) is 5.52. The van der Waals surface area contributed by atoms with Gasteiger partial charge < -0.3 is 29.5 Å². The van der Waals surface area contributed by atoms with Gasteiger partial charge in [-0.05, 0) is 51.8 Å². The van der Waals surface area contributed by atoms with Crippen LogP contribution in [-0.4, -0.2) is 92.3 Å². The van der Waals surface area contributed by atoms with Gasteiger partial charge >= 0.3 is 18.9 Å². The summed E-state index contributed by atoms with van der Waals surface area (Å²) in [6, 6.07) is 3.59. The van der Waals surface area contributed by atoms with Crippen molar-refractivity contribution in [2.24, 2.45) is 5.41 Å². The van der Waals surface area contributed by atoms with Crippen molar-refractivity contribution in [1.29, 1.82) is 0 Å². The number of rotatable bonds is 9. The van der Waals surface area contributed by atoms with E-state index in [1.54, 1.807) is 19.4 Å².